The van der Waals surface area contributed by atoms with Gasteiger partial charge in [0.15, 0.2) is 0 Å². The first kappa shape index (κ1) is 9.62. The predicted molar refractivity (Wildman–Crippen MR) is 46.5 cm³/mol. The molecule has 0 radical (unpaired) electrons. The number of rotatable bonds is 3. The van der Waals surface area contributed by atoms with E-state index in [4.69, 9.17) is 0 Å². The predicted octanol–water partition coefficient (Wildman–Crippen LogP) is 0.893. The second kappa shape index (κ2) is 5.41. The van der Waals surface area contributed by atoms with Gasteiger partial charge >= 0.3 is 0 Å². The number of amides is 1. The third-order valence-electron chi connectivity index (χ3n) is 1.07. The zero-order valence-electron chi connectivity index (χ0n) is 6.79. The summed E-state index contributed by atoms with van der Waals surface area (Å²) < 4.78 is 0. The van der Waals surface area contributed by atoms with Crippen LogP contribution in [-0.2, 0) is 4.79 Å². The monoisotopic (exact) mass is 152 g/mol. The van der Waals surface area contributed by atoms with Crippen LogP contribution in [0.15, 0.2) is 29.4 Å². The molecule has 0 bridgehead atoms. The van der Waals surface area contributed by atoms with Gasteiger partial charge in [-0.15, -0.1) is 0 Å². The highest BCUT2D eigenvalue weighted by Gasteiger charge is 1.99. The van der Waals surface area contributed by atoms with Gasteiger partial charge < -0.3 is 5.32 Å². The van der Waals surface area contributed by atoms with Crippen molar-refractivity contribution in [1.29, 1.82) is 0 Å². The number of hydrogen-bond acceptors (Lipinski definition) is 2. The van der Waals surface area contributed by atoms with Gasteiger partial charge in [0.05, 0.1) is 5.57 Å². The molecule has 0 aliphatic heterocycles. The van der Waals surface area contributed by atoms with Gasteiger partial charge in [-0.3, -0.25) is 9.79 Å². The number of hydrogen-bond donors (Lipinski definition) is 1. The normalized spacial score (nSPS) is 11.6. The summed E-state index contributed by atoms with van der Waals surface area (Å²) in [5.74, 6) is -0.175. The minimum Gasteiger partial charge on any atom is -0.355 e. The van der Waals surface area contributed by atoms with Gasteiger partial charge in [-0.05, 0) is 6.92 Å². The first-order chi connectivity index (χ1) is 5.26. The van der Waals surface area contributed by atoms with Crippen LogP contribution in [0.3, 0.4) is 0 Å². The van der Waals surface area contributed by atoms with Gasteiger partial charge in [0.2, 0.25) is 0 Å². The Morgan fingerprint density at radius 2 is 2.27 bits per heavy atom. The van der Waals surface area contributed by atoms with Crippen molar-refractivity contribution in [2.45, 2.75) is 6.92 Å². The van der Waals surface area contributed by atoms with Crippen molar-refractivity contribution in [1.82, 2.24) is 5.32 Å². The summed E-state index contributed by atoms with van der Waals surface area (Å²) >= 11 is 0. The average Bonchev–Trinajstić information content (AvgIpc) is 2.05. The molecule has 0 rings (SSSR count). The molecule has 0 aromatic heterocycles. The first-order valence-electron chi connectivity index (χ1n) is 3.28. The molecule has 0 aromatic rings. The maximum absolute atomic E-state index is 10.9. The van der Waals surface area contributed by atoms with Crippen molar-refractivity contribution in [2.24, 2.45) is 4.99 Å². The summed E-state index contributed by atoms with van der Waals surface area (Å²) in [5.41, 5.74) is 0.464. The van der Waals surface area contributed by atoms with Gasteiger partial charge in [0.25, 0.3) is 5.91 Å². The first-order valence-corrected chi connectivity index (χ1v) is 3.28. The number of likely N-dealkylation sites (N-methyl/N-ethyl adjacent to an activating group) is 1. The second-order valence-corrected chi connectivity index (χ2v) is 1.77. The molecule has 11 heavy (non-hydrogen) atoms. The highest BCUT2D eigenvalue weighted by atomic mass is 16.1. The van der Waals surface area contributed by atoms with Crippen molar-refractivity contribution in [2.75, 3.05) is 7.05 Å². The summed E-state index contributed by atoms with van der Waals surface area (Å²) in [4.78, 5) is 14.7. The molecule has 0 saturated carbocycles. The molecule has 0 spiro atoms. The van der Waals surface area contributed by atoms with E-state index in [1.165, 1.54) is 12.3 Å². The molecule has 3 nitrogen and oxygen atoms in total. The Morgan fingerprint density at radius 3 is 2.64 bits per heavy atom. The van der Waals surface area contributed by atoms with Crippen molar-refractivity contribution < 1.29 is 4.79 Å². The van der Waals surface area contributed by atoms with Gasteiger partial charge in [-0.2, -0.15) is 0 Å². The Kier molecular flexibility index (Phi) is 4.73. The molecule has 0 aromatic carbocycles. The second-order valence-electron chi connectivity index (χ2n) is 1.77. The van der Waals surface area contributed by atoms with Crippen LogP contribution in [0.2, 0.25) is 0 Å². The van der Waals surface area contributed by atoms with E-state index in [0.717, 1.165) is 0 Å². The number of nitrogens with zero attached hydrogens (tertiary/aromatic N) is 1. The lowest BCUT2D eigenvalue weighted by Gasteiger charge is -1.96. The van der Waals surface area contributed by atoms with Crippen LogP contribution in [0.25, 0.3) is 0 Å². The molecule has 0 saturated heterocycles. The third-order valence-corrected chi connectivity index (χ3v) is 1.07. The molecular weight excluding hydrogens is 140 g/mol. The minimum atomic E-state index is -0.175. The molecule has 1 amide bonds. The van der Waals surface area contributed by atoms with E-state index in [2.05, 4.69) is 16.9 Å². The fraction of sp³-hybridized carbons (Fsp3) is 0.250. The SMILES string of the molecule is C=C/C(=C\N=CC)C(=O)NC. The maximum atomic E-state index is 10.9. The van der Waals surface area contributed by atoms with Crippen LogP contribution in [0.1, 0.15) is 6.92 Å². The Morgan fingerprint density at radius 1 is 1.64 bits per heavy atom. The van der Waals surface area contributed by atoms with Crippen molar-refractivity contribution in [3.63, 3.8) is 0 Å². The average molecular weight is 152 g/mol. The smallest absolute Gasteiger partial charge is 0.252 e. The number of nitrogens with one attached hydrogen (secondary N) is 1. The summed E-state index contributed by atoms with van der Waals surface area (Å²) in [6, 6.07) is 0. The number of carbonyl (C=O) groups excluding carboxylic acids is 1. The van der Waals surface area contributed by atoms with E-state index in [-0.39, 0.29) is 5.91 Å². The maximum Gasteiger partial charge on any atom is 0.252 e. The van der Waals surface area contributed by atoms with Crippen molar-refractivity contribution in [3.8, 4) is 0 Å². The summed E-state index contributed by atoms with van der Waals surface area (Å²) in [6.45, 7) is 5.26. The summed E-state index contributed by atoms with van der Waals surface area (Å²) in [7, 11) is 1.56. The van der Waals surface area contributed by atoms with E-state index < -0.39 is 0 Å². The van der Waals surface area contributed by atoms with Crippen LogP contribution in [-0.4, -0.2) is 19.2 Å². The molecule has 0 unspecified atom stereocenters. The quantitative estimate of drug-likeness (QED) is 0.364. The highest BCUT2D eigenvalue weighted by molar-refractivity contribution is 5.95. The fourth-order valence-electron chi connectivity index (χ4n) is 0.503. The molecule has 0 aliphatic rings. The van der Waals surface area contributed by atoms with Crippen LogP contribution >= 0.6 is 0 Å². The molecule has 0 fully saturated rings. The van der Waals surface area contributed by atoms with Crippen LogP contribution in [0, 0.1) is 0 Å². The van der Waals surface area contributed by atoms with Crippen LogP contribution < -0.4 is 5.32 Å². The molecule has 1 N–H and O–H groups in total. The third kappa shape index (κ3) is 3.35. The highest BCUT2D eigenvalue weighted by Crippen LogP contribution is 1.94. The van der Waals surface area contributed by atoms with E-state index in [9.17, 15) is 4.79 Å². The van der Waals surface area contributed by atoms with Gasteiger partial charge in [0, 0.05) is 19.5 Å². The van der Waals surface area contributed by atoms with Crippen LogP contribution in [0.4, 0.5) is 0 Å². The lowest BCUT2D eigenvalue weighted by molar-refractivity contribution is -0.116. The molecule has 0 heterocycles. The lowest BCUT2D eigenvalue weighted by atomic mass is 10.3. The minimum absolute atomic E-state index is 0.175. The van der Waals surface area contributed by atoms with E-state index in [1.54, 1.807) is 20.2 Å². The molecule has 0 atom stereocenters. The molecule has 60 valence electrons. The number of aliphatic imine (C=N–C) groups is 1. The van der Waals surface area contributed by atoms with Crippen LogP contribution in [0.5, 0.6) is 0 Å². The van der Waals surface area contributed by atoms with E-state index in [1.807, 2.05) is 0 Å². The van der Waals surface area contributed by atoms with Crippen molar-refractivity contribution >= 4 is 12.1 Å². The summed E-state index contributed by atoms with van der Waals surface area (Å²) in [6.07, 6.45) is 4.53. The Hall–Kier alpha value is -1.38. The summed E-state index contributed by atoms with van der Waals surface area (Å²) in [5, 5.41) is 2.47. The van der Waals surface area contributed by atoms with Gasteiger partial charge in [0.1, 0.15) is 0 Å². The molecule has 3 heteroatoms. The standard InChI is InChI=1S/C8H12N2O/c1-4-7(6-10-5-2)8(11)9-3/h4-6H,1H2,2-3H3,(H,9,11)/b7-6+,10-5?. The Balaban J connectivity index is 4.38. The molecule has 0 aliphatic carbocycles. The van der Waals surface area contributed by atoms with Crippen molar-refractivity contribution in [3.05, 3.63) is 24.4 Å². The van der Waals surface area contributed by atoms with E-state index in [0.29, 0.717) is 5.57 Å². The fourth-order valence-corrected chi connectivity index (χ4v) is 0.503. The topological polar surface area (TPSA) is 41.5 Å². The Bertz CT molecular complexity index is 204. The zero-order chi connectivity index (χ0) is 8.69. The van der Waals surface area contributed by atoms with Gasteiger partial charge in [-0.25, -0.2) is 0 Å². The largest absolute Gasteiger partial charge is 0.355 e. The Labute approximate surface area is 66.5 Å². The van der Waals surface area contributed by atoms with E-state index >= 15 is 0 Å². The molecular formula is C8H12N2O. The number of carbonyl (C=O) groups is 1. The lowest BCUT2D eigenvalue weighted by Crippen LogP contribution is -2.18. The van der Waals surface area contributed by atoms with Gasteiger partial charge in [-0.1, -0.05) is 12.7 Å². The zero-order valence-corrected chi connectivity index (χ0v) is 6.79.